The van der Waals surface area contributed by atoms with E-state index in [4.69, 9.17) is 4.74 Å². The Balaban J connectivity index is 1.61. The predicted octanol–water partition coefficient (Wildman–Crippen LogP) is 2.94. The molecule has 0 aliphatic carbocycles. The Morgan fingerprint density at radius 2 is 1.71 bits per heavy atom. The highest BCUT2D eigenvalue weighted by molar-refractivity contribution is 7.89. The summed E-state index contributed by atoms with van der Waals surface area (Å²) in [5.41, 5.74) is 1.38. The van der Waals surface area contributed by atoms with Crippen LogP contribution in [0.1, 0.15) is 17.0 Å². The lowest BCUT2D eigenvalue weighted by molar-refractivity contribution is 0.411. The summed E-state index contributed by atoms with van der Waals surface area (Å²) >= 11 is 0. The summed E-state index contributed by atoms with van der Waals surface area (Å²) < 4.78 is 33.3. The van der Waals surface area contributed by atoms with Gasteiger partial charge in [0.15, 0.2) is 0 Å². The van der Waals surface area contributed by atoms with E-state index in [1.807, 2.05) is 25.1 Å². The molecule has 0 aliphatic rings. The quantitative estimate of drug-likeness (QED) is 0.433. The Morgan fingerprint density at radius 3 is 2.42 bits per heavy atom. The van der Waals surface area contributed by atoms with Crippen molar-refractivity contribution >= 4 is 27.5 Å². The van der Waals surface area contributed by atoms with E-state index in [2.05, 4.69) is 30.3 Å². The molecule has 10 heteroatoms. The first-order valence-electron chi connectivity index (χ1n) is 9.71. The normalized spacial score (nSPS) is 11.2. The van der Waals surface area contributed by atoms with E-state index in [9.17, 15) is 8.42 Å². The second-order valence-corrected chi connectivity index (χ2v) is 8.67. The van der Waals surface area contributed by atoms with Gasteiger partial charge in [-0.3, -0.25) is 0 Å². The van der Waals surface area contributed by atoms with Crippen molar-refractivity contribution in [2.75, 3.05) is 30.8 Å². The number of benzene rings is 1. The van der Waals surface area contributed by atoms with Gasteiger partial charge in [0.05, 0.1) is 12.0 Å². The van der Waals surface area contributed by atoms with E-state index in [1.165, 1.54) is 0 Å². The maximum Gasteiger partial charge on any atom is 0.240 e. The molecule has 9 nitrogen and oxygen atoms in total. The first kappa shape index (κ1) is 22.4. The van der Waals surface area contributed by atoms with Crippen LogP contribution in [0.2, 0.25) is 0 Å². The van der Waals surface area contributed by atoms with Crippen LogP contribution in [0.15, 0.2) is 47.5 Å². The van der Waals surface area contributed by atoms with Crippen LogP contribution in [0, 0.1) is 20.8 Å². The van der Waals surface area contributed by atoms with Crippen LogP contribution in [0.4, 0.5) is 17.5 Å². The molecule has 3 N–H and O–H groups in total. The number of aromatic nitrogens is 3. The van der Waals surface area contributed by atoms with Crippen molar-refractivity contribution in [2.45, 2.75) is 25.7 Å². The predicted molar refractivity (Wildman–Crippen MR) is 120 cm³/mol. The van der Waals surface area contributed by atoms with E-state index in [0.717, 1.165) is 5.56 Å². The summed E-state index contributed by atoms with van der Waals surface area (Å²) in [4.78, 5) is 13.1. The molecule has 2 aromatic heterocycles. The van der Waals surface area contributed by atoms with Crippen molar-refractivity contribution in [2.24, 2.45) is 0 Å². The van der Waals surface area contributed by atoms with Crippen molar-refractivity contribution in [1.82, 2.24) is 19.7 Å². The summed E-state index contributed by atoms with van der Waals surface area (Å²) in [5, 5.41) is 6.24. The van der Waals surface area contributed by atoms with Gasteiger partial charge in [0, 0.05) is 25.4 Å². The van der Waals surface area contributed by atoms with E-state index in [1.54, 1.807) is 45.4 Å². The van der Waals surface area contributed by atoms with Crippen molar-refractivity contribution in [1.29, 1.82) is 0 Å². The number of sulfonamides is 1. The van der Waals surface area contributed by atoms with Gasteiger partial charge in [-0.25, -0.2) is 28.1 Å². The summed E-state index contributed by atoms with van der Waals surface area (Å²) in [6, 6.07) is 10.6. The Labute approximate surface area is 182 Å². The second-order valence-electron chi connectivity index (χ2n) is 6.94. The van der Waals surface area contributed by atoms with Gasteiger partial charge in [-0.15, -0.1) is 0 Å². The molecule has 0 saturated carbocycles. The van der Waals surface area contributed by atoms with Crippen molar-refractivity contribution in [3.05, 3.63) is 59.5 Å². The fraction of sp³-hybridized carbons (Fsp3) is 0.286. The van der Waals surface area contributed by atoms with Gasteiger partial charge in [0.1, 0.15) is 29.0 Å². The minimum atomic E-state index is -3.65. The smallest absolute Gasteiger partial charge is 0.240 e. The maximum atomic E-state index is 12.7. The van der Waals surface area contributed by atoms with Crippen LogP contribution >= 0.6 is 0 Å². The average molecular weight is 443 g/mol. The molecule has 0 fully saturated rings. The van der Waals surface area contributed by atoms with E-state index >= 15 is 0 Å². The fourth-order valence-electron chi connectivity index (χ4n) is 3.02. The zero-order valence-corrected chi connectivity index (χ0v) is 18.7. The molecule has 1 aromatic carbocycles. The Morgan fingerprint density at radius 1 is 0.935 bits per heavy atom. The standard InChI is InChI=1S/C21H26N6O3S/c1-14-12-18(15(2)11-17(14)30-4)31(28,29)24-10-9-23-20-13-21(26-16(3)25-20)27-19-7-5-6-8-22-19/h5-8,11-13,24H,9-10H2,1-4H3,(H2,22,23,25,26,27). The lowest BCUT2D eigenvalue weighted by atomic mass is 10.1. The molecule has 0 aliphatic heterocycles. The monoisotopic (exact) mass is 442 g/mol. The number of pyridine rings is 1. The van der Waals surface area contributed by atoms with Crippen molar-refractivity contribution in [3.63, 3.8) is 0 Å². The number of anilines is 3. The Kier molecular flexibility index (Phi) is 7.03. The first-order valence-corrected chi connectivity index (χ1v) is 11.2. The third-order valence-electron chi connectivity index (χ3n) is 4.46. The summed E-state index contributed by atoms with van der Waals surface area (Å²) in [7, 11) is -2.09. The molecule has 0 amide bonds. The molecule has 2 heterocycles. The molecule has 0 radical (unpaired) electrons. The summed E-state index contributed by atoms with van der Waals surface area (Å²) in [6.07, 6.45) is 1.69. The third-order valence-corrected chi connectivity index (χ3v) is 6.07. The van der Waals surface area contributed by atoms with Crippen LogP contribution < -0.4 is 20.1 Å². The zero-order chi connectivity index (χ0) is 22.4. The molecular weight excluding hydrogens is 416 g/mol. The maximum absolute atomic E-state index is 12.7. The third kappa shape index (κ3) is 5.89. The number of methoxy groups -OCH3 is 1. The molecule has 0 unspecified atom stereocenters. The van der Waals surface area contributed by atoms with Crippen molar-refractivity contribution < 1.29 is 13.2 Å². The number of aryl methyl sites for hydroxylation is 3. The number of nitrogens with zero attached hydrogens (tertiary/aromatic N) is 3. The van der Waals surface area contributed by atoms with Crippen LogP contribution in [-0.4, -0.2) is 43.6 Å². The van der Waals surface area contributed by atoms with Gasteiger partial charge < -0.3 is 15.4 Å². The highest BCUT2D eigenvalue weighted by Crippen LogP contribution is 2.25. The number of ether oxygens (including phenoxy) is 1. The van der Waals surface area contributed by atoms with Gasteiger partial charge in [0.25, 0.3) is 0 Å². The summed E-state index contributed by atoms with van der Waals surface area (Å²) in [5.74, 6) is 3.09. The fourth-order valence-corrected chi connectivity index (χ4v) is 4.36. The molecule has 0 saturated heterocycles. The average Bonchev–Trinajstić information content (AvgIpc) is 2.73. The number of nitrogens with one attached hydrogen (secondary N) is 3. The van der Waals surface area contributed by atoms with Crippen molar-refractivity contribution in [3.8, 4) is 5.75 Å². The highest BCUT2D eigenvalue weighted by atomic mass is 32.2. The first-order chi connectivity index (χ1) is 14.8. The minimum absolute atomic E-state index is 0.193. The number of hydrogen-bond donors (Lipinski definition) is 3. The molecule has 31 heavy (non-hydrogen) atoms. The molecular formula is C21H26N6O3S. The van der Waals surface area contributed by atoms with Gasteiger partial charge in [-0.2, -0.15) is 0 Å². The molecule has 0 spiro atoms. The van der Waals surface area contributed by atoms with E-state index < -0.39 is 10.0 Å². The Bertz CT molecular complexity index is 1150. The Hall–Kier alpha value is -3.24. The second kappa shape index (κ2) is 9.71. The molecule has 3 rings (SSSR count). The van der Waals surface area contributed by atoms with Gasteiger partial charge in [-0.1, -0.05) is 6.07 Å². The lowest BCUT2D eigenvalue weighted by Gasteiger charge is -2.13. The zero-order valence-electron chi connectivity index (χ0n) is 17.9. The van der Waals surface area contributed by atoms with Crippen LogP contribution in [-0.2, 0) is 10.0 Å². The van der Waals surface area contributed by atoms with Gasteiger partial charge >= 0.3 is 0 Å². The largest absolute Gasteiger partial charge is 0.496 e. The van der Waals surface area contributed by atoms with Crippen LogP contribution in [0.5, 0.6) is 5.75 Å². The topological polar surface area (TPSA) is 118 Å². The molecule has 3 aromatic rings. The SMILES string of the molecule is COc1cc(C)c(S(=O)(=O)NCCNc2cc(Nc3ccccn3)nc(C)n2)cc1C. The van der Waals surface area contributed by atoms with E-state index in [-0.39, 0.29) is 11.4 Å². The van der Waals surface area contributed by atoms with E-state index in [0.29, 0.717) is 41.1 Å². The highest BCUT2D eigenvalue weighted by Gasteiger charge is 2.18. The lowest BCUT2D eigenvalue weighted by Crippen LogP contribution is -2.29. The molecule has 164 valence electrons. The van der Waals surface area contributed by atoms with Crippen LogP contribution in [0.25, 0.3) is 0 Å². The number of rotatable bonds is 9. The van der Waals surface area contributed by atoms with Gasteiger partial charge in [0.2, 0.25) is 10.0 Å². The minimum Gasteiger partial charge on any atom is -0.496 e. The number of hydrogen-bond acceptors (Lipinski definition) is 8. The molecule has 0 bridgehead atoms. The molecule has 0 atom stereocenters. The van der Waals surface area contributed by atoms with Gasteiger partial charge in [-0.05, 0) is 56.2 Å². The van der Waals surface area contributed by atoms with Crippen LogP contribution in [0.3, 0.4) is 0 Å². The summed E-state index contributed by atoms with van der Waals surface area (Å²) in [6.45, 7) is 5.89.